The number of ether oxygens (including phenoxy) is 7. The number of hydrogen-bond acceptors (Lipinski definition) is 19. The van der Waals surface area contributed by atoms with Crippen molar-refractivity contribution in [2.24, 2.45) is 46.3 Å². The Morgan fingerprint density at radius 2 is 1.46 bits per heavy atom. The normalized spacial score (nSPS) is 55.0. The van der Waals surface area contributed by atoms with Crippen LogP contribution in [0.1, 0.15) is 79.1 Å². The van der Waals surface area contributed by atoms with Crippen LogP contribution in [0.25, 0.3) is 0 Å². The maximum atomic E-state index is 12.0. The quantitative estimate of drug-likeness (QED) is 0.0921. The smallest absolute Gasteiger partial charge is 0.187 e. The van der Waals surface area contributed by atoms with Crippen LogP contribution in [0.5, 0.6) is 0 Å². The van der Waals surface area contributed by atoms with Crippen molar-refractivity contribution in [2.45, 2.75) is 189 Å². The maximum absolute atomic E-state index is 12.0. The predicted octanol–water partition coefficient (Wildman–Crippen LogP) is -2.25. The number of hydrogen-bond donors (Lipinski definition) is 12. The van der Waals surface area contributed by atoms with Gasteiger partial charge in [-0.15, -0.1) is 0 Å². The van der Waals surface area contributed by atoms with Crippen molar-refractivity contribution in [3.63, 3.8) is 0 Å². The van der Waals surface area contributed by atoms with E-state index in [-0.39, 0.29) is 53.8 Å². The molecule has 4 heterocycles. The fourth-order valence-corrected chi connectivity index (χ4v) is 13.2. The van der Waals surface area contributed by atoms with Crippen LogP contribution in [0.4, 0.5) is 0 Å². The lowest BCUT2D eigenvalue weighted by molar-refractivity contribution is -0.333. The van der Waals surface area contributed by atoms with Gasteiger partial charge in [0.25, 0.3) is 0 Å². The average molecular weight is 905 g/mol. The summed E-state index contributed by atoms with van der Waals surface area (Å²) >= 11 is 0. The van der Waals surface area contributed by atoms with Crippen molar-refractivity contribution in [1.29, 1.82) is 0 Å². The molecular weight excluding hydrogens is 832 g/mol. The number of aliphatic hydroxyl groups excluding tert-OH is 11. The highest BCUT2D eigenvalue weighted by atomic mass is 16.7. The summed E-state index contributed by atoms with van der Waals surface area (Å²) in [5.74, 6) is -0.418. The number of fused-ring (bicyclic) bond motifs is 7. The first kappa shape index (κ1) is 48.4. The summed E-state index contributed by atoms with van der Waals surface area (Å²) in [4.78, 5) is 0. The molecule has 19 heteroatoms. The molecule has 4 saturated heterocycles. The molecule has 63 heavy (non-hydrogen) atoms. The van der Waals surface area contributed by atoms with Gasteiger partial charge in [-0.05, 0) is 85.4 Å². The van der Waals surface area contributed by atoms with Crippen LogP contribution in [0.3, 0.4) is 0 Å². The second kappa shape index (κ2) is 18.5. The van der Waals surface area contributed by atoms with Crippen LogP contribution in [-0.4, -0.2) is 198 Å². The fourth-order valence-electron chi connectivity index (χ4n) is 13.2. The van der Waals surface area contributed by atoms with E-state index in [2.05, 4.69) is 26.8 Å². The first-order valence-corrected chi connectivity index (χ1v) is 23.0. The number of aliphatic hydroxyl groups is 12. The van der Waals surface area contributed by atoms with E-state index in [1.54, 1.807) is 0 Å². The molecule has 0 radical (unpaired) electrons. The SMILES string of the molecule is C[C@@H](CC[C@@]1(O)O[C@H]2C[C@H]3[C@@H]4CC=C5C[C@@H](O[C@@H]6O[C@H](CO[C@@H]7OC[C@@H](O)[C@H](O)[C@H]7O)[C@@H](O)[C@H](O)[C@H]6O)[C@H](O)C[C@]5(C)[C@H]4CC[C@]3(C)[C@H]2[C@@H]1C)CO[C@@H]1O[C@H](CO)[C@@H](O)[C@H](O)[C@H]1O. The summed E-state index contributed by atoms with van der Waals surface area (Å²) in [5, 5.41) is 126. The van der Waals surface area contributed by atoms with Crippen molar-refractivity contribution < 1.29 is 94.4 Å². The Morgan fingerprint density at radius 3 is 2.17 bits per heavy atom. The molecular formula is C44H72O19. The minimum Gasteiger partial charge on any atom is -0.394 e. The molecule has 3 saturated carbocycles. The summed E-state index contributed by atoms with van der Waals surface area (Å²) in [6, 6.07) is 0. The molecule has 8 aliphatic rings. The summed E-state index contributed by atoms with van der Waals surface area (Å²) in [6.45, 7) is 7.54. The third kappa shape index (κ3) is 8.61. The number of allylic oxidation sites excluding steroid dienone is 1. The van der Waals surface area contributed by atoms with Gasteiger partial charge in [0.05, 0.1) is 44.7 Å². The van der Waals surface area contributed by atoms with Crippen LogP contribution in [0.15, 0.2) is 11.6 Å². The lowest BCUT2D eigenvalue weighted by Crippen LogP contribution is -2.61. The molecule has 12 N–H and O–H groups in total. The predicted molar refractivity (Wildman–Crippen MR) is 214 cm³/mol. The maximum Gasteiger partial charge on any atom is 0.187 e. The topological polar surface area (TPSA) is 307 Å². The largest absolute Gasteiger partial charge is 0.394 e. The van der Waals surface area contributed by atoms with Crippen molar-refractivity contribution in [1.82, 2.24) is 0 Å². The molecule has 19 nitrogen and oxygen atoms in total. The average Bonchev–Trinajstić information content (AvgIpc) is 3.69. The Hall–Kier alpha value is -1.02. The van der Waals surface area contributed by atoms with Gasteiger partial charge in [-0.2, -0.15) is 0 Å². The first-order chi connectivity index (χ1) is 29.7. The summed E-state index contributed by atoms with van der Waals surface area (Å²) in [6.07, 6.45) is -14.3. The third-order valence-electron chi connectivity index (χ3n) is 17.0. The van der Waals surface area contributed by atoms with Gasteiger partial charge in [0.15, 0.2) is 24.7 Å². The van der Waals surface area contributed by atoms with Crippen LogP contribution in [0.2, 0.25) is 0 Å². The Labute approximate surface area is 367 Å². The molecule has 0 spiro atoms. The minimum absolute atomic E-state index is 0.0707. The van der Waals surface area contributed by atoms with Gasteiger partial charge in [-0.1, -0.05) is 39.3 Å². The molecule has 362 valence electrons. The highest BCUT2D eigenvalue weighted by Crippen LogP contribution is 2.70. The summed E-state index contributed by atoms with van der Waals surface area (Å²) in [5.41, 5.74) is 0.773. The lowest BCUT2D eigenvalue weighted by Gasteiger charge is -2.59. The standard InChI is InChI=1S/C44H72O19/c1-18(15-57-40-37(54)34(51)32(49)28(14-45)61-40)7-10-44(56)19(2)30-27(63-44)12-23-21-6-5-20-11-26(24(46)13-43(20,4)22(21)8-9-42(23,30)3)60-41-38(55)35(52)33(50)29(62-41)17-59-39-36(53)31(48)25(47)16-58-39/h5,18-19,21-41,45-56H,6-17H2,1-4H3/t18-,19-,21+,22-,23-,24+,25+,26+,27-,28+,29+,30-,31-,32+,33+,34-,35-,36+,37+,38+,39-,40+,41+,42-,43-,44+/m0/s1. The highest BCUT2D eigenvalue weighted by Gasteiger charge is 2.68. The van der Waals surface area contributed by atoms with Crippen LogP contribution in [0, 0.1) is 46.3 Å². The van der Waals surface area contributed by atoms with E-state index >= 15 is 0 Å². The molecule has 0 bridgehead atoms. The molecule has 26 atom stereocenters. The zero-order valence-corrected chi connectivity index (χ0v) is 36.6. The summed E-state index contributed by atoms with van der Waals surface area (Å²) < 4.78 is 40.8. The Bertz CT molecular complexity index is 1610. The second-order valence-electron chi connectivity index (χ2n) is 20.8. The molecule has 0 aromatic carbocycles. The molecule has 4 aliphatic carbocycles. The van der Waals surface area contributed by atoms with E-state index in [1.165, 1.54) is 5.57 Å². The molecule has 4 aliphatic heterocycles. The zero-order valence-electron chi connectivity index (χ0n) is 36.6. The second-order valence-corrected chi connectivity index (χ2v) is 20.8. The van der Waals surface area contributed by atoms with E-state index in [0.29, 0.717) is 37.5 Å². The van der Waals surface area contributed by atoms with Gasteiger partial charge < -0.3 is 94.4 Å². The van der Waals surface area contributed by atoms with E-state index < -0.39 is 117 Å². The molecule has 0 amide bonds. The van der Waals surface area contributed by atoms with Crippen LogP contribution in [-0.2, 0) is 33.2 Å². The first-order valence-electron chi connectivity index (χ1n) is 23.0. The van der Waals surface area contributed by atoms with Gasteiger partial charge in [0.1, 0.15) is 67.1 Å². The molecule has 0 aromatic rings. The monoisotopic (exact) mass is 904 g/mol. The summed E-state index contributed by atoms with van der Waals surface area (Å²) in [7, 11) is 0. The van der Waals surface area contributed by atoms with Crippen molar-refractivity contribution >= 4 is 0 Å². The Balaban J connectivity index is 0.864. The molecule has 0 unspecified atom stereocenters. The third-order valence-corrected chi connectivity index (χ3v) is 17.0. The van der Waals surface area contributed by atoms with Crippen molar-refractivity contribution in [3.05, 3.63) is 11.6 Å². The van der Waals surface area contributed by atoms with E-state index in [1.807, 2.05) is 6.92 Å². The van der Waals surface area contributed by atoms with Crippen molar-refractivity contribution in [3.8, 4) is 0 Å². The van der Waals surface area contributed by atoms with E-state index in [4.69, 9.17) is 33.2 Å². The van der Waals surface area contributed by atoms with Gasteiger partial charge in [-0.3, -0.25) is 0 Å². The van der Waals surface area contributed by atoms with E-state index in [9.17, 15) is 61.3 Å². The molecule has 0 aromatic heterocycles. The highest BCUT2D eigenvalue weighted by molar-refractivity contribution is 5.27. The van der Waals surface area contributed by atoms with Gasteiger partial charge in [0, 0.05) is 12.3 Å². The van der Waals surface area contributed by atoms with E-state index in [0.717, 1.165) is 25.7 Å². The van der Waals surface area contributed by atoms with Crippen LogP contribution >= 0.6 is 0 Å². The molecule has 8 rings (SSSR count). The van der Waals surface area contributed by atoms with Crippen LogP contribution < -0.4 is 0 Å². The van der Waals surface area contributed by atoms with Gasteiger partial charge in [-0.25, -0.2) is 0 Å². The molecule has 7 fully saturated rings. The van der Waals surface area contributed by atoms with Crippen molar-refractivity contribution in [2.75, 3.05) is 26.4 Å². The van der Waals surface area contributed by atoms with Gasteiger partial charge in [0.2, 0.25) is 0 Å². The number of rotatable bonds is 12. The fraction of sp³-hybridized carbons (Fsp3) is 0.955. The Morgan fingerprint density at radius 1 is 0.794 bits per heavy atom. The Kier molecular flexibility index (Phi) is 14.2. The van der Waals surface area contributed by atoms with Gasteiger partial charge >= 0.3 is 0 Å². The lowest BCUT2D eigenvalue weighted by atomic mass is 9.46. The minimum atomic E-state index is -1.68. The zero-order chi connectivity index (χ0) is 45.5.